The second kappa shape index (κ2) is 4.21. The summed E-state index contributed by atoms with van der Waals surface area (Å²) in [7, 11) is 0. The van der Waals surface area contributed by atoms with Crippen molar-refractivity contribution in [2.45, 2.75) is 26.4 Å². The van der Waals surface area contributed by atoms with E-state index in [4.69, 9.17) is 4.74 Å². The number of ether oxygens (including phenoxy) is 1. The largest absolute Gasteiger partial charge is 0.451 e. The van der Waals surface area contributed by atoms with E-state index in [2.05, 4.69) is 4.98 Å². The first kappa shape index (κ1) is 11.4. The molecule has 0 fully saturated rings. The van der Waals surface area contributed by atoms with E-state index in [9.17, 15) is 9.59 Å². The van der Waals surface area contributed by atoms with Crippen molar-refractivity contribution in [1.29, 1.82) is 0 Å². The summed E-state index contributed by atoms with van der Waals surface area (Å²) in [6.45, 7) is 4.39. The van der Waals surface area contributed by atoms with Crippen molar-refractivity contribution in [2.75, 3.05) is 0 Å². The number of hydrogen-bond acceptors (Lipinski definition) is 4. The van der Waals surface area contributed by atoms with Crippen LogP contribution < -0.4 is 0 Å². The molecule has 0 saturated heterocycles. The molecule has 15 heavy (non-hydrogen) atoms. The van der Waals surface area contributed by atoms with Crippen LogP contribution >= 0.6 is 0 Å². The average Bonchev–Trinajstić information content (AvgIpc) is 2.16. The summed E-state index contributed by atoms with van der Waals surface area (Å²) < 4.78 is 4.94. The van der Waals surface area contributed by atoms with Gasteiger partial charge in [-0.2, -0.15) is 0 Å². The highest BCUT2D eigenvalue weighted by Gasteiger charge is 2.31. The van der Waals surface area contributed by atoms with Crippen molar-refractivity contribution >= 4 is 11.8 Å². The van der Waals surface area contributed by atoms with Gasteiger partial charge >= 0.3 is 5.97 Å². The Kier molecular flexibility index (Phi) is 3.19. The number of carbonyl (C=O) groups excluding carboxylic acids is 2. The Labute approximate surface area is 88.3 Å². The molecule has 0 spiro atoms. The molecule has 0 aliphatic heterocycles. The van der Waals surface area contributed by atoms with Crippen molar-refractivity contribution < 1.29 is 14.3 Å². The molecule has 0 unspecified atom stereocenters. The molecule has 1 aromatic heterocycles. The molecule has 0 amide bonds. The summed E-state index contributed by atoms with van der Waals surface area (Å²) in [6, 6.07) is 3.30. The maximum Gasteiger partial charge on any atom is 0.303 e. The number of hydrogen-bond donors (Lipinski definition) is 0. The first-order valence-electron chi connectivity index (χ1n) is 4.58. The van der Waals surface area contributed by atoms with Crippen molar-refractivity contribution in [1.82, 2.24) is 4.98 Å². The molecule has 1 aromatic rings. The summed E-state index contributed by atoms with van der Waals surface area (Å²) in [4.78, 5) is 26.5. The molecular weight excluding hydrogens is 194 g/mol. The maximum atomic E-state index is 11.9. The zero-order valence-corrected chi connectivity index (χ0v) is 8.98. The molecular formula is C11H13NO3. The van der Waals surface area contributed by atoms with Crippen LogP contribution in [0.1, 0.15) is 31.1 Å². The lowest BCUT2D eigenvalue weighted by Gasteiger charge is -2.22. The number of pyridine rings is 1. The summed E-state index contributed by atoms with van der Waals surface area (Å²) >= 11 is 0. The molecule has 0 aliphatic rings. The van der Waals surface area contributed by atoms with Gasteiger partial charge in [-0.25, -0.2) is 0 Å². The van der Waals surface area contributed by atoms with Crippen LogP contribution in [-0.2, 0) is 9.53 Å². The summed E-state index contributed by atoms with van der Waals surface area (Å²) in [6.07, 6.45) is 3.03. The molecule has 1 rings (SSSR count). The molecule has 0 N–H and O–H groups in total. The van der Waals surface area contributed by atoms with Crippen LogP contribution in [0.15, 0.2) is 24.5 Å². The van der Waals surface area contributed by atoms with E-state index in [0.717, 1.165) is 0 Å². The minimum absolute atomic E-state index is 0.259. The minimum Gasteiger partial charge on any atom is -0.451 e. The van der Waals surface area contributed by atoms with E-state index in [1.165, 1.54) is 13.1 Å². The van der Waals surface area contributed by atoms with Gasteiger partial charge in [0.2, 0.25) is 5.78 Å². The van der Waals surface area contributed by atoms with E-state index in [0.29, 0.717) is 5.56 Å². The van der Waals surface area contributed by atoms with Gasteiger partial charge in [-0.1, -0.05) is 0 Å². The number of rotatable bonds is 3. The van der Waals surface area contributed by atoms with Gasteiger partial charge in [0.25, 0.3) is 0 Å². The maximum absolute atomic E-state index is 11.9. The first-order valence-corrected chi connectivity index (χ1v) is 4.58. The summed E-state index contributed by atoms with van der Waals surface area (Å²) in [5, 5.41) is 0. The Morgan fingerprint density at radius 2 is 2.07 bits per heavy atom. The predicted octanol–water partition coefficient (Wildman–Crippen LogP) is 1.61. The third-order valence-electron chi connectivity index (χ3n) is 1.87. The molecule has 0 bridgehead atoms. The van der Waals surface area contributed by atoms with Gasteiger partial charge in [0.15, 0.2) is 5.60 Å². The van der Waals surface area contributed by atoms with Crippen LogP contribution in [0.2, 0.25) is 0 Å². The predicted molar refractivity (Wildman–Crippen MR) is 54.4 cm³/mol. The van der Waals surface area contributed by atoms with Gasteiger partial charge in [-0.15, -0.1) is 0 Å². The Balaban J connectivity index is 2.89. The van der Waals surface area contributed by atoms with Gasteiger partial charge in [0, 0.05) is 24.9 Å². The number of ketones is 1. The third kappa shape index (κ3) is 2.87. The highest BCUT2D eigenvalue weighted by atomic mass is 16.6. The highest BCUT2D eigenvalue weighted by Crippen LogP contribution is 2.16. The normalized spacial score (nSPS) is 10.9. The molecule has 0 saturated carbocycles. The molecule has 4 nitrogen and oxygen atoms in total. The molecule has 0 aromatic carbocycles. The van der Waals surface area contributed by atoms with Crippen LogP contribution in [0.5, 0.6) is 0 Å². The van der Waals surface area contributed by atoms with Crippen LogP contribution in [0, 0.1) is 0 Å². The monoisotopic (exact) mass is 207 g/mol. The third-order valence-corrected chi connectivity index (χ3v) is 1.87. The number of esters is 1. The van der Waals surface area contributed by atoms with Crippen LogP contribution in [-0.4, -0.2) is 22.3 Å². The van der Waals surface area contributed by atoms with Crippen LogP contribution in [0.25, 0.3) is 0 Å². The summed E-state index contributed by atoms with van der Waals surface area (Å²) in [5.41, 5.74) is -0.710. The highest BCUT2D eigenvalue weighted by molar-refractivity contribution is 6.02. The molecule has 4 heteroatoms. The van der Waals surface area contributed by atoms with Gasteiger partial charge in [-0.05, 0) is 26.0 Å². The zero-order chi connectivity index (χ0) is 11.5. The average molecular weight is 207 g/mol. The van der Waals surface area contributed by atoms with Crippen molar-refractivity contribution in [3.63, 3.8) is 0 Å². The Bertz CT molecular complexity index is 371. The number of nitrogens with zero attached hydrogens (tertiary/aromatic N) is 1. The second-order valence-corrected chi connectivity index (χ2v) is 3.67. The first-order chi connectivity index (χ1) is 6.93. The summed E-state index contributed by atoms with van der Waals surface area (Å²) in [5.74, 6) is -0.733. The Morgan fingerprint density at radius 1 is 1.40 bits per heavy atom. The molecule has 80 valence electrons. The quantitative estimate of drug-likeness (QED) is 0.558. The van der Waals surface area contributed by atoms with Crippen LogP contribution in [0.4, 0.5) is 0 Å². The zero-order valence-electron chi connectivity index (χ0n) is 8.98. The molecule has 0 radical (unpaired) electrons. The molecule has 0 atom stereocenters. The fraction of sp³-hybridized carbons (Fsp3) is 0.364. The molecule has 1 heterocycles. The smallest absolute Gasteiger partial charge is 0.303 e. The topological polar surface area (TPSA) is 56.3 Å². The lowest BCUT2D eigenvalue weighted by molar-refractivity contribution is -0.149. The molecule has 0 aliphatic carbocycles. The lowest BCUT2D eigenvalue weighted by Crippen LogP contribution is -2.36. The van der Waals surface area contributed by atoms with Gasteiger partial charge < -0.3 is 4.74 Å². The minimum atomic E-state index is -1.14. The fourth-order valence-electron chi connectivity index (χ4n) is 1.25. The van der Waals surface area contributed by atoms with E-state index in [-0.39, 0.29) is 5.78 Å². The number of aromatic nitrogens is 1. The van der Waals surface area contributed by atoms with Gasteiger partial charge in [0.05, 0.1) is 0 Å². The Hall–Kier alpha value is -1.71. The van der Waals surface area contributed by atoms with Gasteiger partial charge in [-0.3, -0.25) is 14.6 Å². The van der Waals surface area contributed by atoms with Crippen molar-refractivity contribution in [3.8, 4) is 0 Å². The lowest BCUT2D eigenvalue weighted by atomic mass is 9.98. The SMILES string of the molecule is CC(=O)OC(C)(C)C(=O)c1cccnc1. The fourth-order valence-corrected chi connectivity index (χ4v) is 1.25. The van der Waals surface area contributed by atoms with E-state index in [1.54, 1.807) is 32.2 Å². The van der Waals surface area contributed by atoms with E-state index >= 15 is 0 Å². The van der Waals surface area contributed by atoms with Crippen molar-refractivity contribution in [2.24, 2.45) is 0 Å². The standard InChI is InChI=1S/C11H13NO3/c1-8(13)15-11(2,3)10(14)9-5-4-6-12-7-9/h4-7H,1-3H3. The number of Topliss-reactive ketones (excluding diaryl/α,β-unsaturated/α-hetero) is 1. The second-order valence-electron chi connectivity index (χ2n) is 3.67. The van der Waals surface area contributed by atoms with E-state index < -0.39 is 11.6 Å². The Morgan fingerprint density at radius 3 is 2.53 bits per heavy atom. The van der Waals surface area contributed by atoms with Gasteiger partial charge in [0.1, 0.15) is 0 Å². The number of carbonyl (C=O) groups is 2. The van der Waals surface area contributed by atoms with E-state index in [1.807, 2.05) is 0 Å². The van der Waals surface area contributed by atoms with Crippen molar-refractivity contribution in [3.05, 3.63) is 30.1 Å². The van der Waals surface area contributed by atoms with Crippen LogP contribution in [0.3, 0.4) is 0 Å².